The van der Waals surface area contributed by atoms with Gasteiger partial charge in [-0.2, -0.15) is 4.39 Å². The minimum atomic E-state index is -1.17. The van der Waals surface area contributed by atoms with Crippen LogP contribution in [0.2, 0.25) is 0 Å². The number of hydrogen-bond donors (Lipinski definition) is 1. The van der Waals surface area contributed by atoms with E-state index >= 15 is 0 Å². The third kappa shape index (κ3) is 4.19. The van der Waals surface area contributed by atoms with E-state index < -0.39 is 34.4 Å². The van der Waals surface area contributed by atoms with Crippen molar-refractivity contribution in [1.82, 2.24) is 0 Å². The van der Waals surface area contributed by atoms with Crippen LogP contribution >= 0.6 is 0 Å². The number of hydrogen-bond acceptors (Lipinski definition) is 6. The van der Waals surface area contributed by atoms with E-state index in [1.807, 2.05) is 0 Å². The standard InChI is InChI=1S/C16H15FN2O6/c1-8-6-12(9(2)24-8)16(21)25-10(3)15(20)18-11-4-5-13(17)14(7-11)19(22)23/h4-7,10H,1-3H3,(H,18,20)/t10-/m0/s1. The van der Waals surface area contributed by atoms with E-state index in [2.05, 4.69) is 5.32 Å². The minimum Gasteiger partial charge on any atom is -0.466 e. The summed E-state index contributed by atoms with van der Waals surface area (Å²) in [4.78, 5) is 33.9. The molecule has 0 saturated heterocycles. The van der Waals surface area contributed by atoms with E-state index in [9.17, 15) is 24.1 Å². The molecule has 1 N–H and O–H groups in total. The molecular weight excluding hydrogens is 335 g/mol. The van der Waals surface area contributed by atoms with Crippen molar-refractivity contribution in [3.63, 3.8) is 0 Å². The van der Waals surface area contributed by atoms with Crippen LogP contribution in [0.15, 0.2) is 28.7 Å². The van der Waals surface area contributed by atoms with Crippen LogP contribution < -0.4 is 5.32 Å². The number of furan rings is 1. The Morgan fingerprint density at radius 1 is 1.32 bits per heavy atom. The van der Waals surface area contributed by atoms with Crippen molar-refractivity contribution in [1.29, 1.82) is 0 Å². The van der Waals surface area contributed by atoms with Gasteiger partial charge in [-0.1, -0.05) is 0 Å². The second-order valence-corrected chi connectivity index (χ2v) is 5.29. The molecule has 2 aromatic rings. The maximum Gasteiger partial charge on any atom is 0.342 e. The number of ether oxygens (including phenoxy) is 1. The van der Waals surface area contributed by atoms with Crippen LogP contribution in [0.3, 0.4) is 0 Å². The Balaban J connectivity index is 2.05. The third-order valence-electron chi connectivity index (χ3n) is 3.32. The van der Waals surface area contributed by atoms with E-state index in [1.165, 1.54) is 19.1 Å². The smallest absolute Gasteiger partial charge is 0.342 e. The Morgan fingerprint density at radius 3 is 2.56 bits per heavy atom. The number of aryl methyl sites for hydroxylation is 2. The number of carbonyl (C=O) groups excluding carboxylic acids is 2. The van der Waals surface area contributed by atoms with Crippen molar-refractivity contribution < 1.29 is 28.1 Å². The summed E-state index contributed by atoms with van der Waals surface area (Å²) >= 11 is 0. The van der Waals surface area contributed by atoms with E-state index in [4.69, 9.17) is 9.15 Å². The number of carbonyl (C=O) groups is 2. The lowest BCUT2D eigenvalue weighted by Crippen LogP contribution is -2.30. The van der Waals surface area contributed by atoms with Gasteiger partial charge in [0.05, 0.1) is 4.92 Å². The number of nitro groups is 1. The first-order valence-electron chi connectivity index (χ1n) is 7.22. The second kappa shape index (κ2) is 7.12. The van der Waals surface area contributed by atoms with Gasteiger partial charge in [-0.25, -0.2) is 4.79 Å². The fourth-order valence-corrected chi connectivity index (χ4v) is 2.09. The van der Waals surface area contributed by atoms with Crippen LogP contribution in [0.5, 0.6) is 0 Å². The van der Waals surface area contributed by atoms with Gasteiger partial charge in [0.25, 0.3) is 5.91 Å². The maximum atomic E-state index is 13.3. The van der Waals surface area contributed by atoms with Crippen molar-refractivity contribution in [2.24, 2.45) is 0 Å². The molecule has 0 aliphatic carbocycles. The molecule has 0 radical (unpaired) electrons. The van der Waals surface area contributed by atoms with Crippen molar-refractivity contribution in [2.45, 2.75) is 26.9 Å². The van der Waals surface area contributed by atoms with Crippen molar-refractivity contribution in [3.05, 3.63) is 57.3 Å². The predicted octanol–water partition coefficient (Wildman–Crippen LogP) is 3.13. The highest BCUT2D eigenvalue weighted by Crippen LogP contribution is 2.22. The van der Waals surface area contributed by atoms with Gasteiger partial charge in [0, 0.05) is 11.8 Å². The number of esters is 1. The molecule has 0 aliphatic heterocycles. The van der Waals surface area contributed by atoms with Gasteiger partial charge in [0.15, 0.2) is 6.10 Å². The van der Waals surface area contributed by atoms with E-state index in [1.54, 1.807) is 13.8 Å². The van der Waals surface area contributed by atoms with Gasteiger partial charge < -0.3 is 14.5 Å². The Morgan fingerprint density at radius 2 is 2.00 bits per heavy atom. The average Bonchev–Trinajstić information content (AvgIpc) is 2.87. The molecule has 9 heteroatoms. The van der Waals surface area contributed by atoms with Gasteiger partial charge in [0.1, 0.15) is 17.1 Å². The largest absolute Gasteiger partial charge is 0.466 e. The normalized spacial score (nSPS) is 11.7. The number of rotatable bonds is 5. The highest BCUT2D eigenvalue weighted by molar-refractivity contribution is 5.97. The molecule has 1 atom stereocenters. The highest BCUT2D eigenvalue weighted by Gasteiger charge is 2.23. The molecule has 2 rings (SSSR count). The van der Waals surface area contributed by atoms with Crippen molar-refractivity contribution >= 4 is 23.3 Å². The van der Waals surface area contributed by atoms with Crippen LogP contribution in [-0.2, 0) is 9.53 Å². The van der Waals surface area contributed by atoms with Gasteiger partial charge in [-0.15, -0.1) is 0 Å². The third-order valence-corrected chi connectivity index (χ3v) is 3.32. The summed E-state index contributed by atoms with van der Waals surface area (Å²) in [5.74, 6) is -1.58. The van der Waals surface area contributed by atoms with Crippen LogP contribution in [0.1, 0.15) is 28.8 Å². The molecule has 25 heavy (non-hydrogen) atoms. The zero-order valence-corrected chi connectivity index (χ0v) is 13.7. The summed E-state index contributed by atoms with van der Waals surface area (Å²) in [6.45, 7) is 4.60. The molecule has 0 saturated carbocycles. The lowest BCUT2D eigenvalue weighted by molar-refractivity contribution is -0.387. The first-order chi connectivity index (χ1) is 11.7. The monoisotopic (exact) mass is 350 g/mol. The zero-order valence-electron chi connectivity index (χ0n) is 13.7. The molecule has 132 valence electrons. The molecule has 1 amide bonds. The molecule has 1 heterocycles. The minimum absolute atomic E-state index is 0.0105. The summed E-state index contributed by atoms with van der Waals surface area (Å²) in [6, 6.07) is 4.40. The molecule has 8 nitrogen and oxygen atoms in total. The summed E-state index contributed by atoms with van der Waals surface area (Å²) < 4.78 is 23.5. The van der Waals surface area contributed by atoms with Gasteiger partial charge >= 0.3 is 11.7 Å². The van der Waals surface area contributed by atoms with Crippen molar-refractivity contribution in [2.75, 3.05) is 5.32 Å². The van der Waals surface area contributed by atoms with E-state index in [0.717, 1.165) is 12.1 Å². The number of benzene rings is 1. The lowest BCUT2D eigenvalue weighted by atomic mass is 10.2. The Bertz CT molecular complexity index is 845. The first kappa shape index (κ1) is 18.1. The number of nitrogens with one attached hydrogen (secondary N) is 1. The molecule has 1 aromatic carbocycles. The fraction of sp³-hybridized carbons (Fsp3) is 0.250. The SMILES string of the molecule is Cc1cc(C(=O)O[C@@H](C)C(=O)Nc2ccc(F)c([N+](=O)[O-])c2)c(C)o1. The van der Waals surface area contributed by atoms with Crippen LogP contribution in [0.25, 0.3) is 0 Å². The Labute approximate surface area is 141 Å². The number of halogens is 1. The molecule has 0 spiro atoms. The summed E-state index contributed by atoms with van der Waals surface area (Å²) in [5.41, 5.74) is -0.558. The summed E-state index contributed by atoms with van der Waals surface area (Å²) in [5, 5.41) is 13.0. The average molecular weight is 350 g/mol. The van der Waals surface area contributed by atoms with Crippen LogP contribution in [0.4, 0.5) is 15.8 Å². The molecule has 0 fully saturated rings. The quantitative estimate of drug-likeness (QED) is 0.504. The Kier molecular flexibility index (Phi) is 5.16. The topological polar surface area (TPSA) is 112 Å². The zero-order chi connectivity index (χ0) is 18.7. The van der Waals surface area contributed by atoms with Gasteiger partial charge in [-0.05, 0) is 39.0 Å². The Hall–Kier alpha value is -3.23. The van der Waals surface area contributed by atoms with Crippen LogP contribution in [-0.4, -0.2) is 22.9 Å². The molecule has 1 aromatic heterocycles. The maximum absolute atomic E-state index is 13.3. The number of nitrogens with zero attached hydrogens (tertiary/aromatic N) is 1. The summed E-state index contributed by atoms with van der Waals surface area (Å²) in [7, 11) is 0. The van der Waals surface area contributed by atoms with Crippen LogP contribution in [0, 0.1) is 29.8 Å². The van der Waals surface area contributed by atoms with Crippen molar-refractivity contribution in [3.8, 4) is 0 Å². The number of amides is 1. The van der Waals surface area contributed by atoms with E-state index in [0.29, 0.717) is 11.5 Å². The second-order valence-electron chi connectivity index (χ2n) is 5.29. The number of nitro benzene ring substituents is 1. The molecule has 0 aliphatic rings. The van der Waals surface area contributed by atoms with E-state index in [-0.39, 0.29) is 11.3 Å². The lowest BCUT2D eigenvalue weighted by Gasteiger charge is -2.13. The predicted molar refractivity (Wildman–Crippen MR) is 84.7 cm³/mol. The number of anilines is 1. The first-order valence-corrected chi connectivity index (χ1v) is 7.22. The molecule has 0 bridgehead atoms. The molecular formula is C16H15FN2O6. The fourth-order valence-electron chi connectivity index (χ4n) is 2.09. The van der Waals surface area contributed by atoms with Gasteiger partial charge in [-0.3, -0.25) is 14.9 Å². The highest BCUT2D eigenvalue weighted by atomic mass is 19.1. The summed E-state index contributed by atoms with van der Waals surface area (Å²) in [6.07, 6.45) is -1.17. The molecule has 0 unspecified atom stereocenters. The van der Waals surface area contributed by atoms with Gasteiger partial charge in [0.2, 0.25) is 5.82 Å².